The van der Waals surface area contributed by atoms with Gasteiger partial charge in [-0.05, 0) is 80.2 Å². The highest BCUT2D eigenvalue weighted by Gasteiger charge is 2.50. The minimum atomic E-state index is -0.0756. The van der Waals surface area contributed by atoms with Crippen molar-refractivity contribution in [2.24, 2.45) is 23.2 Å². The molecule has 0 aliphatic heterocycles. The normalized spacial score (nSPS) is 31.9. The van der Waals surface area contributed by atoms with Crippen LogP contribution in [0, 0.1) is 23.2 Å². The van der Waals surface area contributed by atoms with Crippen molar-refractivity contribution in [3.63, 3.8) is 0 Å². The second-order valence-electron chi connectivity index (χ2n) is 8.64. The number of amides is 1. The molecule has 6 heteroatoms. The first-order valence-electron chi connectivity index (χ1n) is 9.79. The van der Waals surface area contributed by atoms with E-state index in [4.69, 9.17) is 0 Å². The lowest BCUT2D eigenvalue weighted by Gasteiger charge is -2.57. The average molecular weight is 351 g/mol. The van der Waals surface area contributed by atoms with Crippen molar-refractivity contribution >= 4 is 5.91 Å². The lowest BCUT2D eigenvalue weighted by Crippen LogP contribution is -2.47. The summed E-state index contributed by atoms with van der Waals surface area (Å²) >= 11 is 0. The van der Waals surface area contributed by atoms with Gasteiger partial charge in [-0.2, -0.15) is 5.10 Å². The molecule has 6 rings (SSSR count). The molecule has 0 radical (unpaired) electrons. The Kier molecular flexibility index (Phi) is 3.80. The van der Waals surface area contributed by atoms with Crippen molar-refractivity contribution in [1.29, 1.82) is 0 Å². The van der Waals surface area contributed by atoms with E-state index in [2.05, 4.69) is 20.4 Å². The molecule has 136 valence electrons. The first kappa shape index (κ1) is 16.0. The Hall–Kier alpha value is -2.24. The predicted octanol–water partition coefficient (Wildman–Crippen LogP) is 3.00. The van der Waals surface area contributed by atoms with Crippen LogP contribution in [0.4, 0.5) is 0 Å². The quantitative estimate of drug-likeness (QED) is 0.899. The van der Waals surface area contributed by atoms with Crippen LogP contribution in [-0.2, 0) is 0 Å². The van der Waals surface area contributed by atoms with Crippen LogP contribution in [0.25, 0.3) is 5.82 Å². The summed E-state index contributed by atoms with van der Waals surface area (Å²) in [6.07, 6.45) is 14.3. The van der Waals surface area contributed by atoms with Crippen LogP contribution in [0.15, 0.2) is 31.0 Å². The molecule has 0 aromatic carbocycles. The van der Waals surface area contributed by atoms with Crippen molar-refractivity contribution in [2.75, 3.05) is 6.54 Å². The Morgan fingerprint density at radius 3 is 2.58 bits per heavy atom. The fourth-order valence-corrected chi connectivity index (χ4v) is 6.21. The third-order valence-electron chi connectivity index (χ3n) is 6.77. The smallest absolute Gasteiger partial charge is 0.255 e. The number of pyridine rings is 1. The van der Waals surface area contributed by atoms with Gasteiger partial charge in [0, 0.05) is 12.7 Å². The van der Waals surface area contributed by atoms with Gasteiger partial charge in [0.2, 0.25) is 0 Å². The summed E-state index contributed by atoms with van der Waals surface area (Å²) in [5.41, 5.74) is 1.04. The summed E-state index contributed by atoms with van der Waals surface area (Å²) in [5, 5.41) is 7.24. The van der Waals surface area contributed by atoms with Gasteiger partial charge in [-0.25, -0.2) is 14.6 Å². The zero-order valence-electron chi connectivity index (χ0n) is 15.0. The molecule has 4 aliphatic rings. The Balaban J connectivity index is 1.25. The summed E-state index contributed by atoms with van der Waals surface area (Å²) in [4.78, 5) is 21.0. The van der Waals surface area contributed by atoms with Crippen molar-refractivity contribution in [2.45, 2.75) is 44.9 Å². The van der Waals surface area contributed by atoms with Crippen LogP contribution >= 0.6 is 0 Å². The van der Waals surface area contributed by atoms with E-state index in [1.807, 2.05) is 0 Å². The number of aromatic nitrogens is 4. The van der Waals surface area contributed by atoms with Gasteiger partial charge in [-0.1, -0.05) is 0 Å². The number of rotatable bonds is 5. The molecule has 4 saturated carbocycles. The highest BCUT2D eigenvalue weighted by molar-refractivity contribution is 5.97. The predicted molar refractivity (Wildman–Crippen MR) is 96.7 cm³/mol. The SMILES string of the molecule is O=C(NCCC12CC3CC(CC(C3)C1)C2)c1cccnc1-n1cncn1. The second kappa shape index (κ2) is 6.18. The maximum atomic E-state index is 12.7. The second-order valence-corrected chi connectivity index (χ2v) is 8.64. The fraction of sp³-hybridized carbons (Fsp3) is 0.600. The molecule has 2 aromatic heterocycles. The van der Waals surface area contributed by atoms with Gasteiger partial charge in [-0.15, -0.1) is 0 Å². The molecule has 4 fully saturated rings. The first-order valence-corrected chi connectivity index (χ1v) is 9.79. The molecule has 26 heavy (non-hydrogen) atoms. The van der Waals surface area contributed by atoms with Crippen LogP contribution in [0.1, 0.15) is 55.3 Å². The van der Waals surface area contributed by atoms with Gasteiger partial charge in [0.1, 0.15) is 12.7 Å². The minimum absolute atomic E-state index is 0.0756. The highest BCUT2D eigenvalue weighted by atomic mass is 16.1. The summed E-state index contributed by atoms with van der Waals surface area (Å²) < 4.78 is 1.54. The minimum Gasteiger partial charge on any atom is -0.352 e. The number of nitrogens with zero attached hydrogens (tertiary/aromatic N) is 4. The summed E-state index contributed by atoms with van der Waals surface area (Å²) in [6.45, 7) is 0.747. The van der Waals surface area contributed by atoms with Crippen LogP contribution in [0.3, 0.4) is 0 Å². The van der Waals surface area contributed by atoms with E-state index in [9.17, 15) is 4.79 Å². The van der Waals surface area contributed by atoms with Crippen LogP contribution in [-0.4, -0.2) is 32.2 Å². The Labute approximate surface area is 153 Å². The summed E-state index contributed by atoms with van der Waals surface area (Å²) in [7, 11) is 0. The topological polar surface area (TPSA) is 72.7 Å². The molecule has 4 aliphatic carbocycles. The number of carbonyl (C=O) groups excluding carboxylic acids is 1. The molecule has 0 atom stereocenters. The zero-order chi connectivity index (χ0) is 17.6. The molecule has 6 nitrogen and oxygen atoms in total. The van der Waals surface area contributed by atoms with Crippen LogP contribution in [0.5, 0.6) is 0 Å². The van der Waals surface area contributed by atoms with Gasteiger partial charge >= 0.3 is 0 Å². The molecule has 0 saturated heterocycles. The fourth-order valence-electron chi connectivity index (χ4n) is 6.21. The lowest BCUT2D eigenvalue weighted by atomic mass is 9.49. The molecular weight excluding hydrogens is 326 g/mol. The number of hydrogen-bond donors (Lipinski definition) is 1. The number of carbonyl (C=O) groups is 1. The molecule has 2 aromatic rings. The van der Waals surface area contributed by atoms with Crippen molar-refractivity contribution in [3.8, 4) is 5.82 Å². The molecule has 1 amide bonds. The third kappa shape index (κ3) is 2.81. The summed E-state index contributed by atoms with van der Waals surface area (Å²) in [6, 6.07) is 3.58. The van der Waals surface area contributed by atoms with E-state index in [1.165, 1.54) is 49.5 Å². The monoisotopic (exact) mass is 351 g/mol. The lowest BCUT2D eigenvalue weighted by molar-refractivity contribution is -0.0564. The van der Waals surface area contributed by atoms with Crippen LogP contribution in [0.2, 0.25) is 0 Å². The summed E-state index contributed by atoms with van der Waals surface area (Å²) in [5.74, 6) is 3.31. The molecule has 0 unspecified atom stereocenters. The number of nitrogens with one attached hydrogen (secondary N) is 1. The molecule has 4 bridgehead atoms. The largest absolute Gasteiger partial charge is 0.352 e. The van der Waals surface area contributed by atoms with E-state index in [0.29, 0.717) is 16.8 Å². The maximum Gasteiger partial charge on any atom is 0.255 e. The highest BCUT2D eigenvalue weighted by Crippen LogP contribution is 2.61. The Morgan fingerprint density at radius 1 is 1.19 bits per heavy atom. The maximum absolute atomic E-state index is 12.7. The number of hydrogen-bond acceptors (Lipinski definition) is 4. The molecular formula is C20H25N5O. The van der Waals surface area contributed by atoms with Crippen molar-refractivity contribution in [3.05, 3.63) is 36.5 Å². The van der Waals surface area contributed by atoms with E-state index in [-0.39, 0.29) is 5.91 Å². The van der Waals surface area contributed by atoms with Gasteiger partial charge in [-0.3, -0.25) is 4.79 Å². The van der Waals surface area contributed by atoms with Gasteiger partial charge in [0.05, 0.1) is 5.56 Å². The van der Waals surface area contributed by atoms with E-state index < -0.39 is 0 Å². The van der Waals surface area contributed by atoms with Gasteiger partial charge in [0.25, 0.3) is 5.91 Å². The van der Waals surface area contributed by atoms with Gasteiger partial charge in [0.15, 0.2) is 5.82 Å². The molecule has 2 heterocycles. The Bertz CT molecular complexity index is 765. The van der Waals surface area contributed by atoms with Crippen LogP contribution < -0.4 is 5.32 Å². The molecule has 1 N–H and O–H groups in total. The standard InChI is InChI=1S/C20H25N5O/c26-19(17-2-1-4-22-18(17)25-13-21-12-24-25)23-5-3-20-9-14-6-15(10-20)8-16(7-14)11-20/h1-2,4,12-16H,3,5-11H2,(H,23,26). The Morgan fingerprint density at radius 2 is 1.92 bits per heavy atom. The van der Waals surface area contributed by atoms with Crippen molar-refractivity contribution in [1.82, 2.24) is 25.1 Å². The van der Waals surface area contributed by atoms with Crippen molar-refractivity contribution < 1.29 is 4.79 Å². The third-order valence-corrected chi connectivity index (χ3v) is 6.77. The molecule has 0 spiro atoms. The average Bonchev–Trinajstić information content (AvgIpc) is 3.15. The van der Waals surface area contributed by atoms with E-state index in [1.54, 1.807) is 24.7 Å². The zero-order valence-corrected chi connectivity index (χ0v) is 15.0. The van der Waals surface area contributed by atoms with E-state index in [0.717, 1.165) is 30.7 Å². The van der Waals surface area contributed by atoms with Gasteiger partial charge < -0.3 is 5.32 Å². The van der Waals surface area contributed by atoms with E-state index >= 15 is 0 Å². The first-order chi connectivity index (χ1) is 12.7.